The minimum Gasteiger partial charge on any atom is -0.489 e. The lowest BCUT2D eigenvalue weighted by Crippen LogP contribution is -2.42. The van der Waals surface area contributed by atoms with E-state index in [1.807, 2.05) is 6.92 Å². The van der Waals surface area contributed by atoms with Crippen LogP contribution in [0.15, 0.2) is 29.3 Å². The van der Waals surface area contributed by atoms with Crippen molar-refractivity contribution in [1.29, 1.82) is 0 Å². The number of hydrogen-bond donors (Lipinski definition) is 2. The van der Waals surface area contributed by atoms with Gasteiger partial charge in [-0.15, -0.1) is 24.0 Å². The van der Waals surface area contributed by atoms with Gasteiger partial charge in [0.05, 0.1) is 6.54 Å². The number of nitrogens with zero attached hydrogens (tertiary/aromatic N) is 1. The van der Waals surface area contributed by atoms with Gasteiger partial charge in [0.25, 0.3) is 0 Å². The van der Waals surface area contributed by atoms with Gasteiger partial charge >= 0.3 is 6.18 Å². The molecule has 0 amide bonds. The fraction of sp³-hybridized carbons (Fsp3) is 0.588. The molecule has 1 atom stereocenters. The van der Waals surface area contributed by atoms with Crippen LogP contribution in [0.5, 0.6) is 5.75 Å². The van der Waals surface area contributed by atoms with Crippen LogP contribution in [-0.2, 0) is 4.74 Å². The predicted octanol–water partition coefficient (Wildman–Crippen LogP) is 3.74. The average molecular weight is 507 g/mol. The van der Waals surface area contributed by atoms with Crippen molar-refractivity contribution >= 4 is 29.9 Å². The van der Waals surface area contributed by atoms with Crippen LogP contribution in [0.3, 0.4) is 0 Å². The van der Waals surface area contributed by atoms with Gasteiger partial charge in [-0.3, -0.25) is 4.99 Å². The Kier molecular flexibility index (Phi) is 13.1. The maximum atomic E-state index is 13.2. The van der Waals surface area contributed by atoms with Gasteiger partial charge in [0.2, 0.25) is 0 Å². The third kappa shape index (κ3) is 12.7. The van der Waals surface area contributed by atoms with Gasteiger partial charge in [-0.2, -0.15) is 13.2 Å². The maximum Gasteiger partial charge on any atom is 0.411 e. The number of alkyl halides is 3. The summed E-state index contributed by atoms with van der Waals surface area (Å²) in [5, 5.41) is 6.05. The minimum atomic E-state index is -4.30. The molecule has 1 rings (SSSR count). The van der Waals surface area contributed by atoms with E-state index in [4.69, 9.17) is 4.74 Å². The molecule has 0 heterocycles. The Balaban J connectivity index is 0.00000676. The minimum absolute atomic E-state index is 0. The monoisotopic (exact) mass is 507 g/mol. The van der Waals surface area contributed by atoms with Crippen molar-refractivity contribution < 1.29 is 27.0 Å². The van der Waals surface area contributed by atoms with Crippen molar-refractivity contribution in [2.24, 2.45) is 4.99 Å². The van der Waals surface area contributed by atoms with Crippen LogP contribution in [0.25, 0.3) is 0 Å². The maximum absolute atomic E-state index is 13.2. The van der Waals surface area contributed by atoms with Gasteiger partial charge in [0, 0.05) is 26.3 Å². The van der Waals surface area contributed by atoms with Gasteiger partial charge < -0.3 is 20.1 Å². The van der Waals surface area contributed by atoms with Crippen LogP contribution in [0.1, 0.15) is 19.8 Å². The van der Waals surface area contributed by atoms with Crippen LogP contribution in [-0.4, -0.2) is 51.6 Å². The summed E-state index contributed by atoms with van der Waals surface area (Å²) in [7, 11) is 1.59. The molecular formula is C17H26F4IN3O2. The van der Waals surface area contributed by atoms with E-state index in [9.17, 15) is 17.6 Å². The molecule has 1 aromatic rings. The number of rotatable bonds is 10. The van der Waals surface area contributed by atoms with Crippen molar-refractivity contribution in [2.45, 2.75) is 32.0 Å². The second-order valence-corrected chi connectivity index (χ2v) is 5.51. The lowest BCUT2D eigenvalue weighted by atomic mass is 10.2. The molecule has 0 aliphatic heterocycles. The zero-order valence-electron chi connectivity index (χ0n) is 15.3. The molecule has 0 spiro atoms. The Morgan fingerprint density at radius 2 is 2.00 bits per heavy atom. The second kappa shape index (κ2) is 13.8. The quantitative estimate of drug-likeness (QED) is 0.167. The molecule has 0 aliphatic rings. The molecule has 0 bridgehead atoms. The predicted molar refractivity (Wildman–Crippen MR) is 107 cm³/mol. The third-order valence-electron chi connectivity index (χ3n) is 3.30. The third-order valence-corrected chi connectivity index (χ3v) is 3.30. The first kappa shape index (κ1) is 25.7. The first-order valence-corrected chi connectivity index (χ1v) is 8.35. The van der Waals surface area contributed by atoms with E-state index in [-0.39, 0.29) is 42.5 Å². The fourth-order valence-electron chi connectivity index (χ4n) is 2.00. The van der Waals surface area contributed by atoms with E-state index in [0.29, 0.717) is 37.6 Å². The van der Waals surface area contributed by atoms with E-state index in [0.717, 1.165) is 0 Å². The summed E-state index contributed by atoms with van der Waals surface area (Å²) < 4.78 is 59.2. The molecule has 2 N–H and O–H groups in total. The van der Waals surface area contributed by atoms with E-state index in [2.05, 4.69) is 20.4 Å². The standard InChI is InChI=1S/C17H25F4N3O2.HI/c1-3-14(26-15-7-4-6-13(18)10-15)11-24-16(22-2)23-8-5-9-25-12-17(19,20)21;/h4,6-7,10,14H,3,5,8-9,11-12H2,1-2H3,(H2,22,23,24);1H. The molecule has 1 unspecified atom stereocenters. The molecule has 1 aromatic carbocycles. The average Bonchev–Trinajstić information content (AvgIpc) is 2.58. The first-order chi connectivity index (χ1) is 12.3. The van der Waals surface area contributed by atoms with E-state index >= 15 is 0 Å². The number of halogens is 5. The highest BCUT2D eigenvalue weighted by molar-refractivity contribution is 14.0. The Morgan fingerprint density at radius 3 is 2.59 bits per heavy atom. The molecule has 27 heavy (non-hydrogen) atoms. The fourth-order valence-corrected chi connectivity index (χ4v) is 2.00. The summed E-state index contributed by atoms with van der Waals surface area (Å²) in [6.45, 7) is 1.56. The largest absolute Gasteiger partial charge is 0.489 e. The molecule has 0 saturated carbocycles. The van der Waals surface area contributed by atoms with Gasteiger partial charge in [-0.05, 0) is 25.0 Å². The number of hydrogen-bond acceptors (Lipinski definition) is 3. The molecule has 10 heteroatoms. The molecule has 156 valence electrons. The van der Waals surface area contributed by atoms with Crippen molar-refractivity contribution in [3.63, 3.8) is 0 Å². The summed E-state index contributed by atoms with van der Waals surface area (Å²) in [4.78, 5) is 4.03. The summed E-state index contributed by atoms with van der Waals surface area (Å²) in [5.41, 5.74) is 0. The van der Waals surface area contributed by atoms with E-state index in [1.54, 1.807) is 19.2 Å². The summed E-state index contributed by atoms with van der Waals surface area (Å²) >= 11 is 0. The lowest BCUT2D eigenvalue weighted by molar-refractivity contribution is -0.173. The van der Waals surface area contributed by atoms with E-state index in [1.165, 1.54) is 12.1 Å². The molecule has 0 aromatic heterocycles. The summed E-state index contributed by atoms with van der Waals surface area (Å²) in [6.07, 6.45) is -3.38. The Bertz CT molecular complexity index is 559. The Hall–Kier alpha value is -1.30. The number of benzene rings is 1. The summed E-state index contributed by atoms with van der Waals surface area (Å²) in [5.74, 6) is 0.584. The highest BCUT2D eigenvalue weighted by Crippen LogP contribution is 2.15. The number of ether oxygens (including phenoxy) is 2. The van der Waals surface area contributed by atoms with Crippen LogP contribution in [0, 0.1) is 5.82 Å². The van der Waals surface area contributed by atoms with Crippen LogP contribution < -0.4 is 15.4 Å². The Labute approximate surface area is 173 Å². The topological polar surface area (TPSA) is 54.9 Å². The molecule has 0 fully saturated rings. The van der Waals surface area contributed by atoms with Gasteiger partial charge in [0.1, 0.15) is 24.3 Å². The number of nitrogens with one attached hydrogen (secondary N) is 2. The van der Waals surface area contributed by atoms with E-state index < -0.39 is 12.8 Å². The molecule has 5 nitrogen and oxygen atoms in total. The summed E-state index contributed by atoms with van der Waals surface area (Å²) in [6, 6.07) is 5.92. The van der Waals surface area contributed by atoms with Crippen molar-refractivity contribution in [1.82, 2.24) is 10.6 Å². The van der Waals surface area contributed by atoms with Crippen molar-refractivity contribution in [2.75, 3.05) is 33.4 Å². The van der Waals surface area contributed by atoms with Crippen LogP contribution >= 0.6 is 24.0 Å². The van der Waals surface area contributed by atoms with Gasteiger partial charge in [-0.1, -0.05) is 13.0 Å². The van der Waals surface area contributed by atoms with Crippen LogP contribution in [0.2, 0.25) is 0 Å². The number of aliphatic imine (C=N–C) groups is 1. The molecule has 0 radical (unpaired) electrons. The Morgan fingerprint density at radius 1 is 1.26 bits per heavy atom. The van der Waals surface area contributed by atoms with Gasteiger partial charge in [0.15, 0.2) is 5.96 Å². The highest BCUT2D eigenvalue weighted by atomic mass is 127. The smallest absolute Gasteiger partial charge is 0.411 e. The molecule has 0 saturated heterocycles. The van der Waals surface area contributed by atoms with Crippen LogP contribution in [0.4, 0.5) is 17.6 Å². The normalized spacial score (nSPS) is 12.9. The molecule has 0 aliphatic carbocycles. The zero-order valence-corrected chi connectivity index (χ0v) is 17.6. The highest BCUT2D eigenvalue weighted by Gasteiger charge is 2.27. The SMILES string of the molecule is CCC(CNC(=NC)NCCCOCC(F)(F)F)Oc1cccc(F)c1.I. The molecular weight excluding hydrogens is 481 g/mol. The number of guanidine groups is 1. The lowest BCUT2D eigenvalue weighted by Gasteiger charge is -2.20. The van der Waals surface area contributed by atoms with Gasteiger partial charge in [-0.25, -0.2) is 4.39 Å². The van der Waals surface area contributed by atoms with Crippen molar-refractivity contribution in [3.05, 3.63) is 30.1 Å². The zero-order chi connectivity index (χ0) is 19.4. The second-order valence-electron chi connectivity index (χ2n) is 5.51. The van der Waals surface area contributed by atoms with Crippen molar-refractivity contribution in [3.8, 4) is 5.75 Å². The first-order valence-electron chi connectivity index (χ1n) is 8.35.